The Balaban J connectivity index is 2.93. The van der Waals surface area contributed by atoms with Gasteiger partial charge in [-0.25, -0.2) is 4.79 Å². The van der Waals surface area contributed by atoms with E-state index in [1.807, 2.05) is 38.1 Å². The molecule has 5 heteroatoms. The molecule has 0 bridgehead atoms. The average Bonchev–Trinajstić information content (AvgIpc) is 2.35. The van der Waals surface area contributed by atoms with Gasteiger partial charge in [0.2, 0.25) is 0 Å². The van der Waals surface area contributed by atoms with Gasteiger partial charge >= 0.3 is 6.09 Å². The Morgan fingerprint density at radius 1 is 1.39 bits per heavy atom. The van der Waals surface area contributed by atoms with Crippen LogP contribution in [0.15, 0.2) is 24.3 Å². The van der Waals surface area contributed by atoms with Gasteiger partial charge < -0.3 is 15.2 Å². The van der Waals surface area contributed by atoms with E-state index in [0.29, 0.717) is 0 Å². The van der Waals surface area contributed by atoms with Crippen molar-refractivity contribution in [3.63, 3.8) is 0 Å². The lowest BCUT2D eigenvalue weighted by Gasteiger charge is -2.27. The zero-order chi connectivity index (χ0) is 13.7. The Kier molecular flexibility index (Phi) is 5.87. The Hall–Kier alpha value is -0.820. The highest BCUT2D eigenvalue weighted by molar-refractivity contribution is 14.1. The number of ether oxygens (including phenoxy) is 1. The summed E-state index contributed by atoms with van der Waals surface area (Å²) in [6.45, 7) is 3.82. The van der Waals surface area contributed by atoms with Crippen molar-refractivity contribution in [3.05, 3.63) is 33.4 Å². The van der Waals surface area contributed by atoms with Crippen molar-refractivity contribution in [1.29, 1.82) is 0 Å². The van der Waals surface area contributed by atoms with Crippen molar-refractivity contribution in [3.8, 4) is 0 Å². The first-order valence-corrected chi connectivity index (χ1v) is 6.86. The van der Waals surface area contributed by atoms with Crippen molar-refractivity contribution in [2.75, 3.05) is 7.05 Å². The number of nitrogens with one attached hydrogen (secondary N) is 1. The Bertz CT molecular complexity index is 409. The Labute approximate surface area is 121 Å². The van der Waals surface area contributed by atoms with Crippen molar-refractivity contribution in [1.82, 2.24) is 5.32 Å². The zero-order valence-corrected chi connectivity index (χ0v) is 12.8. The highest BCUT2D eigenvalue weighted by atomic mass is 127. The largest absolute Gasteiger partial charge is 0.443 e. The first-order valence-electron chi connectivity index (χ1n) is 5.78. The molecule has 0 saturated carbocycles. The van der Waals surface area contributed by atoms with Crippen molar-refractivity contribution >= 4 is 28.7 Å². The normalized spacial score (nSPS) is 14.1. The maximum absolute atomic E-state index is 11.3. The molecule has 0 spiro atoms. The molecule has 0 fully saturated rings. The van der Waals surface area contributed by atoms with Gasteiger partial charge in [-0.15, -0.1) is 0 Å². The lowest BCUT2D eigenvalue weighted by molar-refractivity contribution is -0.0226. The number of aliphatic hydroxyl groups excluding tert-OH is 1. The number of halogens is 1. The van der Waals surface area contributed by atoms with Crippen LogP contribution >= 0.6 is 22.6 Å². The van der Waals surface area contributed by atoms with Crippen LogP contribution in [-0.4, -0.2) is 24.4 Å². The van der Waals surface area contributed by atoms with E-state index in [-0.39, 0.29) is 5.92 Å². The second-order valence-electron chi connectivity index (χ2n) is 4.33. The van der Waals surface area contributed by atoms with Gasteiger partial charge in [0.15, 0.2) is 0 Å². The average molecular weight is 363 g/mol. The van der Waals surface area contributed by atoms with Crippen molar-refractivity contribution in [2.24, 2.45) is 5.92 Å². The second-order valence-corrected chi connectivity index (χ2v) is 5.49. The number of amides is 1. The minimum absolute atomic E-state index is 0.0216. The number of hydrogen-bond acceptors (Lipinski definition) is 3. The summed E-state index contributed by atoms with van der Waals surface area (Å²) in [5, 5.41) is 12.8. The predicted molar refractivity (Wildman–Crippen MR) is 78.3 cm³/mol. The van der Waals surface area contributed by atoms with E-state index in [1.54, 1.807) is 0 Å². The summed E-state index contributed by atoms with van der Waals surface area (Å²) >= 11 is 2.16. The Morgan fingerprint density at radius 3 is 2.50 bits per heavy atom. The topological polar surface area (TPSA) is 58.6 Å². The van der Waals surface area contributed by atoms with Crippen LogP contribution in [0, 0.1) is 9.49 Å². The molecule has 18 heavy (non-hydrogen) atoms. The van der Waals surface area contributed by atoms with Crippen LogP contribution in [0.2, 0.25) is 0 Å². The van der Waals surface area contributed by atoms with Crippen LogP contribution in [-0.2, 0) is 4.74 Å². The number of benzene rings is 1. The number of rotatable bonds is 4. The highest BCUT2D eigenvalue weighted by Crippen LogP contribution is 2.28. The van der Waals surface area contributed by atoms with Crippen molar-refractivity contribution in [2.45, 2.75) is 26.1 Å². The molecule has 0 radical (unpaired) electrons. The zero-order valence-electron chi connectivity index (χ0n) is 10.7. The first kappa shape index (κ1) is 15.2. The quantitative estimate of drug-likeness (QED) is 0.809. The smallest absolute Gasteiger partial charge is 0.407 e. The Morgan fingerprint density at radius 2 is 2.00 bits per heavy atom. The fourth-order valence-corrected chi connectivity index (χ4v) is 2.35. The SMILES string of the molecule is CNC(=O)O[C@@H](C(C)C)[C@@H](O)c1ccccc1I. The van der Waals surface area contributed by atoms with Gasteiger partial charge in [-0.05, 0) is 40.1 Å². The molecule has 0 aliphatic rings. The van der Waals surface area contributed by atoms with Gasteiger partial charge in [-0.3, -0.25) is 0 Å². The third kappa shape index (κ3) is 3.84. The maximum atomic E-state index is 11.3. The van der Waals surface area contributed by atoms with E-state index in [2.05, 4.69) is 27.9 Å². The summed E-state index contributed by atoms with van der Waals surface area (Å²) in [4.78, 5) is 11.3. The van der Waals surface area contributed by atoms with Crippen molar-refractivity contribution < 1.29 is 14.6 Å². The molecule has 1 aromatic rings. The van der Waals surface area contributed by atoms with E-state index in [0.717, 1.165) is 9.13 Å². The molecule has 0 aromatic heterocycles. The highest BCUT2D eigenvalue weighted by Gasteiger charge is 2.28. The van der Waals surface area contributed by atoms with Crippen LogP contribution in [0.3, 0.4) is 0 Å². The van der Waals surface area contributed by atoms with Crippen LogP contribution in [0.4, 0.5) is 4.79 Å². The van der Waals surface area contributed by atoms with E-state index in [9.17, 15) is 9.90 Å². The number of carbonyl (C=O) groups excluding carboxylic acids is 1. The molecule has 0 aliphatic heterocycles. The number of aliphatic hydroxyl groups is 1. The molecule has 0 unspecified atom stereocenters. The number of alkyl carbamates (subject to hydrolysis) is 1. The fourth-order valence-electron chi connectivity index (χ4n) is 1.64. The summed E-state index contributed by atoms with van der Waals surface area (Å²) in [6, 6.07) is 7.52. The van der Waals surface area contributed by atoms with Gasteiger partial charge in [-0.1, -0.05) is 32.0 Å². The predicted octanol–water partition coefficient (Wildman–Crippen LogP) is 2.71. The van der Waals surface area contributed by atoms with Crippen LogP contribution in [0.25, 0.3) is 0 Å². The number of hydrogen-bond donors (Lipinski definition) is 2. The van der Waals surface area contributed by atoms with Gasteiger partial charge in [0.25, 0.3) is 0 Å². The molecule has 100 valence electrons. The molecule has 2 atom stereocenters. The summed E-state index contributed by atoms with van der Waals surface area (Å²) in [5.74, 6) is 0.0216. The fraction of sp³-hybridized carbons (Fsp3) is 0.462. The maximum Gasteiger partial charge on any atom is 0.407 e. The van der Waals surface area contributed by atoms with E-state index >= 15 is 0 Å². The molecular weight excluding hydrogens is 345 g/mol. The van der Waals surface area contributed by atoms with Gasteiger partial charge in [-0.2, -0.15) is 0 Å². The van der Waals surface area contributed by atoms with Gasteiger partial charge in [0, 0.05) is 10.6 Å². The van der Waals surface area contributed by atoms with E-state index in [4.69, 9.17) is 4.74 Å². The minimum atomic E-state index is -0.824. The first-order chi connectivity index (χ1) is 8.47. The molecule has 2 N–H and O–H groups in total. The summed E-state index contributed by atoms with van der Waals surface area (Å²) in [7, 11) is 1.50. The second kappa shape index (κ2) is 6.94. The molecule has 0 aliphatic carbocycles. The third-order valence-corrected chi connectivity index (χ3v) is 3.62. The van der Waals surface area contributed by atoms with E-state index < -0.39 is 18.3 Å². The molecule has 1 rings (SSSR count). The number of carbonyl (C=O) groups is 1. The molecular formula is C13H18INO3. The monoisotopic (exact) mass is 363 g/mol. The summed E-state index contributed by atoms with van der Waals surface area (Å²) in [5.41, 5.74) is 0.778. The van der Waals surface area contributed by atoms with Crippen LogP contribution in [0.5, 0.6) is 0 Å². The lowest BCUT2D eigenvalue weighted by atomic mass is 9.96. The minimum Gasteiger partial charge on any atom is -0.443 e. The molecule has 4 nitrogen and oxygen atoms in total. The lowest BCUT2D eigenvalue weighted by Crippen LogP contribution is -2.34. The van der Waals surface area contributed by atoms with E-state index in [1.165, 1.54) is 7.05 Å². The molecule has 1 aromatic carbocycles. The standard InChI is InChI=1S/C13H18INO3/c1-8(2)12(18-13(17)15-3)11(16)9-6-4-5-7-10(9)14/h4-8,11-12,16H,1-3H3,(H,15,17)/t11-,12-/m0/s1. The molecule has 0 heterocycles. The molecule has 0 saturated heterocycles. The van der Waals surface area contributed by atoms with Gasteiger partial charge in [0.1, 0.15) is 12.2 Å². The van der Waals surface area contributed by atoms with Crippen LogP contribution < -0.4 is 5.32 Å². The summed E-state index contributed by atoms with van der Waals surface area (Å²) < 4.78 is 6.18. The summed E-state index contributed by atoms with van der Waals surface area (Å²) in [6.07, 6.45) is -1.92. The third-order valence-electron chi connectivity index (χ3n) is 2.64. The van der Waals surface area contributed by atoms with Crippen LogP contribution in [0.1, 0.15) is 25.5 Å². The molecule has 1 amide bonds. The van der Waals surface area contributed by atoms with Gasteiger partial charge in [0.05, 0.1) is 0 Å².